The second-order valence-electron chi connectivity index (χ2n) is 6.06. The average Bonchev–Trinajstić information content (AvgIpc) is 2.97. The molecule has 6 heteroatoms. The number of nitrogens with zero attached hydrogens (tertiary/aromatic N) is 1. The van der Waals surface area contributed by atoms with Crippen LogP contribution in [0.2, 0.25) is 0 Å². The molecule has 21 heavy (non-hydrogen) atoms. The SMILES string of the molecule is COc1ccc(C)cc1S(=O)(=O)N1C(C)CC2CNCC21. The van der Waals surface area contributed by atoms with Gasteiger partial charge in [-0.2, -0.15) is 4.31 Å². The lowest BCUT2D eigenvalue weighted by Gasteiger charge is -2.27. The number of hydrogen-bond donors (Lipinski definition) is 1. The molecule has 1 aromatic carbocycles. The van der Waals surface area contributed by atoms with E-state index in [2.05, 4.69) is 5.32 Å². The van der Waals surface area contributed by atoms with Gasteiger partial charge in [0.2, 0.25) is 10.0 Å². The quantitative estimate of drug-likeness (QED) is 0.916. The normalized spacial score (nSPS) is 29.6. The van der Waals surface area contributed by atoms with Crippen molar-refractivity contribution in [1.29, 1.82) is 0 Å². The van der Waals surface area contributed by atoms with Crippen molar-refractivity contribution in [2.75, 3.05) is 20.2 Å². The standard InChI is InChI=1S/C15H22N2O3S/c1-10-4-5-14(20-3)15(6-10)21(18,19)17-11(2)7-12-8-16-9-13(12)17/h4-6,11-13,16H,7-9H2,1-3H3. The molecule has 0 bridgehead atoms. The Balaban J connectivity index is 2.06. The number of aryl methyl sites for hydroxylation is 1. The van der Waals surface area contributed by atoms with E-state index in [-0.39, 0.29) is 17.0 Å². The van der Waals surface area contributed by atoms with Gasteiger partial charge in [0, 0.05) is 18.6 Å². The Morgan fingerprint density at radius 1 is 1.33 bits per heavy atom. The van der Waals surface area contributed by atoms with Gasteiger partial charge < -0.3 is 10.1 Å². The van der Waals surface area contributed by atoms with Crippen LogP contribution in [0.3, 0.4) is 0 Å². The largest absolute Gasteiger partial charge is 0.495 e. The third-order valence-electron chi connectivity index (χ3n) is 4.58. The third-order valence-corrected chi connectivity index (χ3v) is 6.64. The van der Waals surface area contributed by atoms with Crippen LogP contribution in [-0.2, 0) is 10.0 Å². The van der Waals surface area contributed by atoms with Crippen LogP contribution < -0.4 is 10.1 Å². The van der Waals surface area contributed by atoms with Gasteiger partial charge in [0.1, 0.15) is 10.6 Å². The summed E-state index contributed by atoms with van der Waals surface area (Å²) in [6.45, 7) is 5.54. The maximum atomic E-state index is 13.1. The minimum atomic E-state index is -3.54. The van der Waals surface area contributed by atoms with Crippen molar-refractivity contribution in [2.45, 2.75) is 37.2 Å². The van der Waals surface area contributed by atoms with Gasteiger partial charge in [0.05, 0.1) is 7.11 Å². The van der Waals surface area contributed by atoms with Crippen molar-refractivity contribution in [3.05, 3.63) is 23.8 Å². The number of benzene rings is 1. The summed E-state index contributed by atoms with van der Waals surface area (Å²) in [6, 6.07) is 5.40. The fourth-order valence-corrected chi connectivity index (χ4v) is 5.77. The van der Waals surface area contributed by atoms with Crippen LogP contribution in [0.4, 0.5) is 0 Å². The monoisotopic (exact) mass is 310 g/mol. The Morgan fingerprint density at radius 2 is 2.10 bits per heavy atom. The predicted molar refractivity (Wildman–Crippen MR) is 81.0 cm³/mol. The Bertz CT molecular complexity index is 644. The predicted octanol–water partition coefficient (Wildman–Crippen LogP) is 1.37. The lowest BCUT2D eigenvalue weighted by atomic mass is 10.0. The fraction of sp³-hybridized carbons (Fsp3) is 0.600. The molecule has 3 atom stereocenters. The van der Waals surface area contributed by atoms with E-state index >= 15 is 0 Å². The highest BCUT2D eigenvalue weighted by atomic mass is 32.2. The lowest BCUT2D eigenvalue weighted by Crippen LogP contribution is -2.42. The van der Waals surface area contributed by atoms with Crippen molar-refractivity contribution in [2.24, 2.45) is 5.92 Å². The molecule has 0 radical (unpaired) electrons. The molecule has 0 aromatic heterocycles. The van der Waals surface area contributed by atoms with Crippen LogP contribution >= 0.6 is 0 Å². The van der Waals surface area contributed by atoms with Crippen molar-refractivity contribution in [3.63, 3.8) is 0 Å². The molecule has 1 aromatic rings. The fourth-order valence-electron chi connectivity index (χ4n) is 3.64. The summed E-state index contributed by atoms with van der Waals surface area (Å²) in [4.78, 5) is 0.282. The molecule has 2 saturated heterocycles. The van der Waals surface area contributed by atoms with Gasteiger partial charge in [-0.15, -0.1) is 0 Å². The second-order valence-corrected chi connectivity index (χ2v) is 7.87. The number of rotatable bonds is 3. The van der Waals surface area contributed by atoms with Crippen molar-refractivity contribution >= 4 is 10.0 Å². The van der Waals surface area contributed by atoms with Gasteiger partial charge in [-0.3, -0.25) is 0 Å². The molecule has 0 amide bonds. The van der Waals surface area contributed by atoms with Crippen molar-refractivity contribution < 1.29 is 13.2 Å². The number of nitrogens with one attached hydrogen (secondary N) is 1. The summed E-state index contributed by atoms with van der Waals surface area (Å²) in [5.74, 6) is 0.841. The summed E-state index contributed by atoms with van der Waals surface area (Å²) in [6.07, 6.45) is 0.922. The van der Waals surface area contributed by atoms with Gasteiger partial charge in [0.25, 0.3) is 0 Å². The van der Waals surface area contributed by atoms with Crippen molar-refractivity contribution in [1.82, 2.24) is 9.62 Å². The van der Waals surface area contributed by atoms with Gasteiger partial charge in [-0.05, 0) is 50.4 Å². The Labute approximate surface area is 126 Å². The minimum Gasteiger partial charge on any atom is -0.495 e. The zero-order chi connectivity index (χ0) is 15.2. The molecule has 2 aliphatic heterocycles. The molecule has 5 nitrogen and oxygen atoms in total. The molecule has 2 fully saturated rings. The highest BCUT2D eigenvalue weighted by Crippen LogP contribution is 2.39. The van der Waals surface area contributed by atoms with Crippen LogP contribution in [-0.4, -0.2) is 45.0 Å². The molecule has 3 rings (SSSR count). The number of sulfonamides is 1. The average molecular weight is 310 g/mol. The molecule has 3 unspecified atom stereocenters. The number of ether oxygens (including phenoxy) is 1. The first kappa shape index (κ1) is 14.8. The van der Waals surface area contributed by atoms with Crippen LogP contribution in [0.25, 0.3) is 0 Å². The van der Waals surface area contributed by atoms with Gasteiger partial charge >= 0.3 is 0 Å². The number of fused-ring (bicyclic) bond motifs is 1. The molecule has 2 heterocycles. The molecule has 1 N–H and O–H groups in total. The maximum Gasteiger partial charge on any atom is 0.247 e. The molecule has 0 saturated carbocycles. The Kier molecular flexibility index (Phi) is 3.71. The summed E-state index contributed by atoms with van der Waals surface area (Å²) in [7, 11) is -2.03. The summed E-state index contributed by atoms with van der Waals surface area (Å²) in [5, 5.41) is 3.30. The first-order valence-corrected chi connectivity index (χ1v) is 8.78. The van der Waals surface area contributed by atoms with E-state index in [9.17, 15) is 8.42 Å². The van der Waals surface area contributed by atoms with Gasteiger partial charge in [-0.25, -0.2) is 8.42 Å². The van der Waals surface area contributed by atoms with E-state index in [1.165, 1.54) is 7.11 Å². The van der Waals surface area contributed by atoms with Crippen LogP contribution in [0, 0.1) is 12.8 Å². The van der Waals surface area contributed by atoms with Crippen LogP contribution in [0.5, 0.6) is 5.75 Å². The number of hydrogen-bond acceptors (Lipinski definition) is 4. The summed E-state index contributed by atoms with van der Waals surface area (Å²) in [5.41, 5.74) is 0.919. The third kappa shape index (κ3) is 2.35. The Morgan fingerprint density at radius 3 is 2.81 bits per heavy atom. The topological polar surface area (TPSA) is 58.6 Å². The van der Waals surface area contributed by atoms with E-state index in [0.29, 0.717) is 11.7 Å². The van der Waals surface area contributed by atoms with E-state index in [0.717, 1.165) is 25.1 Å². The smallest absolute Gasteiger partial charge is 0.247 e. The van der Waals surface area contributed by atoms with Crippen LogP contribution in [0.15, 0.2) is 23.1 Å². The zero-order valence-electron chi connectivity index (χ0n) is 12.7. The molecule has 0 aliphatic carbocycles. The lowest BCUT2D eigenvalue weighted by molar-refractivity contribution is 0.332. The van der Waals surface area contributed by atoms with Crippen molar-refractivity contribution in [3.8, 4) is 5.75 Å². The summed E-state index contributed by atoms with van der Waals surface area (Å²) >= 11 is 0. The number of methoxy groups -OCH3 is 1. The first-order chi connectivity index (χ1) is 9.95. The van der Waals surface area contributed by atoms with Gasteiger partial charge in [0.15, 0.2) is 0 Å². The Hall–Kier alpha value is -1.11. The highest BCUT2D eigenvalue weighted by molar-refractivity contribution is 7.89. The molecule has 2 aliphatic rings. The maximum absolute atomic E-state index is 13.1. The van der Waals surface area contributed by atoms with E-state index < -0.39 is 10.0 Å². The van der Waals surface area contributed by atoms with Gasteiger partial charge in [-0.1, -0.05) is 6.07 Å². The second kappa shape index (κ2) is 5.26. The molecular formula is C15H22N2O3S. The summed E-state index contributed by atoms with van der Waals surface area (Å²) < 4.78 is 33.2. The van der Waals surface area contributed by atoms with E-state index in [1.54, 1.807) is 16.4 Å². The highest BCUT2D eigenvalue weighted by Gasteiger charge is 2.48. The molecule has 116 valence electrons. The first-order valence-electron chi connectivity index (χ1n) is 7.34. The van der Waals surface area contributed by atoms with E-state index in [4.69, 9.17) is 4.74 Å². The van der Waals surface area contributed by atoms with E-state index in [1.807, 2.05) is 19.9 Å². The van der Waals surface area contributed by atoms with Crippen LogP contribution in [0.1, 0.15) is 18.9 Å². The zero-order valence-corrected chi connectivity index (χ0v) is 13.5. The molecular weight excluding hydrogens is 288 g/mol. The molecule has 0 spiro atoms. The minimum absolute atomic E-state index is 0.0392.